The van der Waals surface area contributed by atoms with Crippen molar-refractivity contribution in [3.63, 3.8) is 0 Å². The minimum atomic E-state index is -0.319. The van der Waals surface area contributed by atoms with Crippen LogP contribution in [-0.4, -0.2) is 30.1 Å². The molecule has 3 aliphatic rings. The molecule has 0 radical (unpaired) electrons. The van der Waals surface area contributed by atoms with Crippen molar-refractivity contribution in [3.8, 4) is 0 Å². The summed E-state index contributed by atoms with van der Waals surface area (Å²) < 4.78 is 6.50. The Morgan fingerprint density at radius 3 is 2.61 bits per heavy atom. The minimum Gasteiger partial charge on any atom is -0.451 e. The maximum absolute atomic E-state index is 13.6. The smallest absolute Gasteiger partial charge is 0.313 e. The number of ether oxygens (including phenoxy) is 1. The van der Waals surface area contributed by atoms with E-state index in [1.54, 1.807) is 0 Å². The lowest BCUT2D eigenvalue weighted by Gasteiger charge is -2.48. The molecule has 1 aromatic heterocycles. The zero-order chi connectivity index (χ0) is 25.2. The van der Waals surface area contributed by atoms with Gasteiger partial charge in [-0.3, -0.25) is 9.78 Å². The van der Waals surface area contributed by atoms with Gasteiger partial charge in [-0.2, -0.15) is 0 Å². The van der Waals surface area contributed by atoms with Crippen LogP contribution in [0.25, 0.3) is 10.9 Å². The molecule has 36 heavy (non-hydrogen) atoms. The number of hydrogen-bond donors (Lipinski definition) is 1. The van der Waals surface area contributed by atoms with Crippen LogP contribution < -0.4 is 4.90 Å². The van der Waals surface area contributed by atoms with Crippen molar-refractivity contribution < 1.29 is 14.4 Å². The van der Waals surface area contributed by atoms with Crippen LogP contribution in [0.4, 0.5) is 0 Å². The van der Waals surface area contributed by atoms with Gasteiger partial charge in [0.25, 0.3) is 0 Å². The zero-order valence-electron chi connectivity index (χ0n) is 21.8. The fraction of sp³-hybridized carbons (Fsp3) is 0.438. The van der Waals surface area contributed by atoms with E-state index in [2.05, 4.69) is 67.9 Å². The van der Waals surface area contributed by atoms with Crippen molar-refractivity contribution in [1.82, 2.24) is 4.98 Å². The summed E-state index contributed by atoms with van der Waals surface area (Å²) in [4.78, 5) is 19.7. The SMILES string of the molecule is C=C[C@H]1C[NH+]2CC[C@@H]1C[C@H]2[C@@H](OC(=O)[C@H](C)c1ccc(CC(C)C)cc1)c1ccnc2ccccc12. The quantitative estimate of drug-likeness (QED) is 0.349. The molecule has 4 heteroatoms. The Balaban J connectivity index is 1.44. The van der Waals surface area contributed by atoms with Gasteiger partial charge < -0.3 is 9.64 Å². The van der Waals surface area contributed by atoms with Crippen LogP contribution in [0.1, 0.15) is 62.3 Å². The molecule has 4 nitrogen and oxygen atoms in total. The van der Waals surface area contributed by atoms with Crippen LogP contribution in [0, 0.1) is 17.8 Å². The van der Waals surface area contributed by atoms with Gasteiger partial charge >= 0.3 is 5.97 Å². The van der Waals surface area contributed by atoms with Gasteiger partial charge in [-0.05, 0) is 48.4 Å². The van der Waals surface area contributed by atoms with E-state index in [-0.39, 0.29) is 24.0 Å². The minimum absolute atomic E-state index is 0.153. The van der Waals surface area contributed by atoms with E-state index < -0.39 is 0 Å². The summed E-state index contributed by atoms with van der Waals surface area (Å²) in [7, 11) is 0. The molecule has 188 valence electrons. The second-order valence-corrected chi connectivity index (χ2v) is 11.2. The first-order valence-electron chi connectivity index (χ1n) is 13.5. The first-order chi connectivity index (χ1) is 17.4. The Kier molecular flexibility index (Phi) is 7.25. The van der Waals surface area contributed by atoms with Gasteiger partial charge in [-0.25, -0.2) is 0 Å². The summed E-state index contributed by atoms with van der Waals surface area (Å²) in [6.45, 7) is 12.7. The molecule has 0 amide bonds. The van der Waals surface area contributed by atoms with E-state index in [4.69, 9.17) is 4.74 Å². The predicted molar refractivity (Wildman–Crippen MR) is 145 cm³/mol. The standard InChI is InChI=1S/C32H38N2O2/c1-5-24-20-34-17-15-26(24)19-30(34)31(28-14-16-33-29-9-7-6-8-27(28)29)36-32(35)22(4)25-12-10-23(11-13-25)18-21(2)3/h5-14,16,21-22,24,26,30-31H,1,15,17-20H2,2-4H3/p+1/t22-,24+,26-,30+,31+/m1/s1. The van der Waals surface area contributed by atoms with Gasteiger partial charge in [0.05, 0.1) is 24.5 Å². The summed E-state index contributed by atoms with van der Waals surface area (Å²) in [5.41, 5.74) is 4.34. The van der Waals surface area contributed by atoms with Gasteiger partial charge in [-0.1, -0.05) is 62.4 Å². The van der Waals surface area contributed by atoms with Crippen LogP contribution in [0.2, 0.25) is 0 Å². The molecule has 1 unspecified atom stereocenters. The number of rotatable bonds is 8. The third kappa shape index (κ3) is 4.97. The molecule has 3 aromatic rings. The molecule has 1 N–H and O–H groups in total. The molecule has 4 heterocycles. The fourth-order valence-corrected chi connectivity index (χ4v) is 6.40. The van der Waals surface area contributed by atoms with E-state index in [0.717, 1.165) is 48.0 Å². The topological polar surface area (TPSA) is 43.6 Å². The Bertz CT molecular complexity index is 1210. The number of piperidine rings is 3. The number of carbonyl (C=O) groups is 1. The fourth-order valence-electron chi connectivity index (χ4n) is 6.40. The molecular weight excluding hydrogens is 444 g/mol. The number of nitrogens with one attached hydrogen (secondary N) is 1. The number of aromatic nitrogens is 1. The first kappa shape index (κ1) is 24.7. The molecule has 3 fully saturated rings. The Hall–Kier alpha value is -2.98. The molecule has 3 aliphatic heterocycles. The number of pyridine rings is 1. The molecular formula is C32H39N2O2+. The van der Waals surface area contributed by atoms with Crippen molar-refractivity contribution in [1.29, 1.82) is 0 Å². The lowest BCUT2D eigenvalue weighted by atomic mass is 9.73. The van der Waals surface area contributed by atoms with Crippen molar-refractivity contribution >= 4 is 16.9 Å². The summed E-state index contributed by atoms with van der Waals surface area (Å²) in [6, 6.07) is 19.0. The number of esters is 1. The molecule has 0 aliphatic carbocycles. The summed E-state index contributed by atoms with van der Waals surface area (Å²) in [6.07, 6.45) is 7.01. The van der Waals surface area contributed by atoms with E-state index in [0.29, 0.717) is 17.8 Å². The Morgan fingerprint density at radius 1 is 1.14 bits per heavy atom. The Morgan fingerprint density at radius 2 is 1.92 bits per heavy atom. The van der Waals surface area contributed by atoms with Crippen LogP contribution in [0.15, 0.2) is 73.4 Å². The van der Waals surface area contributed by atoms with E-state index in [1.165, 1.54) is 16.9 Å². The summed E-state index contributed by atoms with van der Waals surface area (Å²) >= 11 is 0. The van der Waals surface area contributed by atoms with Gasteiger partial charge in [-0.15, -0.1) is 6.58 Å². The van der Waals surface area contributed by atoms with Crippen molar-refractivity contribution in [2.24, 2.45) is 17.8 Å². The Labute approximate surface area is 215 Å². The average molecular weight is 484 g/mol. The van der Waals surface area contributed by atoms with Gasteiger partial charge in [0.15, 0.2) is 6.10 Å². The lowest BCUT2D eigenvalue weighted by molar-refractivity contribution is -0.949. The largest absolute Gasteiger partial charge is 0.451 e. The number of carbonyl (C=O) groups excluding carboxylic acids is 1. The molecule has 3 saturated heterocycles. The van der Waals surface area contributed by atoms with Crippen molar-refractivity contribution in [3.05, 3.63) is 90.1 Å². The number of fused-ring (bicyclic) bond motifs is 4. The average Bonchev–Trinajstić information content (AvgIpc) is 2.91. The molecule has 0 saturated carbocycles. The van der Waals surface area contributed by atoms with Crippen molar-refractivity contribution in [2.45, 2.75) is 58.1 Å². The molecule has 2 bridgehead atoms. The summed E-state index contributed by atoms with van der Waals surface area (Å²) in [5.74, 6) is 1.31. The lowest BCUT2D eigenvalue weighted by Crippen LogP contribution is -3.20. The second kappa shape index (κ2) is 10.6. The first-order valence-corrected chi connectivity index (χ1v) is 13.5. The number of benzene rings is 2. The zero-order valence-corrected chi connectivity index (χ0v) is 21.8. The van der Waals surface area contributed by atoms with Gasteiger partial charge in [0, 0.05) is 35.9 Å². The van der Waals surface area contributed by atoms with Gasteiger partial charge in [0.2, 0.25) is 0 Å². The van der Waals surface area contributed by atoms with Crippen LogP contribution >= 0.6 is 0 Å². The maximum atomic E-state index is 13.6. The monoisotopic (exact) mass is 483 g/mol. The maximum Gasteiger partial charge on any atom is 0.313 e. The third-order valence-electron chi connectivity index (χ3n) is 8.40. The highest BCUT2D eigenvalue weighted by Gasteiger charge is 2.48. The highest BCUT2D eigenvalue weighted by molar-refractivity contribution is 5.83. The van der Waals surface area contributed by atoms with E-state index in [9.17, 15) is 4.79 Å². The van der Waals surface area contributed by atoms with E-state index in [1.807, 2.05) is 31.3 Å². The highest BCUT2D eigenvalue weighted by Crippen LogP contribution is 2.37. The normalized spacial score (nSPS) is 25.0. The molecule has 2 aromatic carbocycles. The van der Waals surface area contributed by atoms with E-state index >= 15 is 0 Å². The summed E-state index contributed by atoms with van der Waals surface area (Å²) in [5, 5.41) is 1.07. The molecule has 6 rings (SSSR count). The van der Waals surface area contributed by atoms with Crippen molar-refractivity contribution in [2.75, 3.05) is 13.1 Å². The number of quaternary nitrogens is 1. The second-order valence-electron chi connectivity index (χ2n) is 11.2. The highest BCUT2D eigenvalue weighted by atomic mass is 16.5. The molecule has 6 atom stereocenters. The van der Waals surface area contributed by atoms with Crippen LogP contribution in [-0.2, 0) is 16.0 Å². The molecule has 0 spiro atoms. The number of para-hydroxylation sites is 1. The van der Waals surface area contributed by atoms with Gasteiger partial charge in [0.1, 0.15) is 6.04 Å². The number of nitrogens with zero attached hydrogens (tertiary/aromatic N) is 1. The van der Waals surface area contributed by atoms with Crippen LogP contribution in [0.3, 0.4) is 0 Å². The number of hydrogen-bond acceptors (Lipinski definition) is 3. The third-order valence-corrected chi connectivity index (χ3v) is 8.40. The van der Waals surface area contributed by atoms with Crippen LogP contribution in [0.5, 0.6) is 0 Å². The predicted octanol–water partition coefficient (Wildman–Crippen LogP) is 5.30.